The molecule has 0 unspecified atom stereocenters. The van der Waals surface area contributed by atoms with Crippen molar-refractivity contribution in [1.82, 2.24) is 0 Å². The molecule has 0 aromatic rings. The summed E-state index contributed by atoms with van der Waals surface area (Å²) in [5.74, 6) is -0.574. The zero-order valence-corrected chi connectivity index (χ0v) is 30.4. The molecule has 0 saturated heterocycles. The van der Waals surface area contributed by atoms with E-state index < -0.39 is 6.10 Å². The second-order valence-corrected chi connectivity index (χ2v) is 13.7. The second kappa shape index (κ2) is 37.4. The van der Waals surface area contributed by atoms with Crippen molar-refractivity contribution in [1.29, 1.82) is 0 Å². The summed E-state index contributed by atoms with van der Waals surface area (Å²) in [5.41, 5.74) is 0. The molecule has 0 aromatic heterocycles. The molecule has 1 atom stereocenters. The predicted molar refractivity (Wildman–Crippen MR) is 192 cm³/mol. The third kappa shape index (κ3) is 35.6. The van der Waals surface area contributed by atoms with Gasteiger partial charge >= 0.3 is 11.9 Å². The first-order valence-corrected chi connectivity index (χ1v) is 20.1. The molecule has 5 heteroatoms. The van der Waals surface area contributed by atoms with Gasteiger partial charge in [-0.1, -0.05) is 200 Å². The quantitative estimate of drug-likeness (QED) is 0.0541. The Morgan fingerprint density at radius 3 is 0.978 bits per heavy atom. The van der Waals surface area contributed by atoms with Crippen LogP contribution < -0.4 is 0 Å². The number of hydrogen-bond donors (Lipinski definition) is 1. The van der Waals surface area contributed by atoms with Crippen LogP contribution in [0.1, 0.15) is 226 Å². The van der Waals surface area contributed by atoms with Crippen LogP contribution in [0.5, 0.6) is 0 Å². The van der Waals surface area contributed by atoms with Crippen LogP contribution in [0, 0.1) is 0 Å². The van der Waals surface area contributed by atoms with Crippen molar-refractivity contribution < 1.29 is 24.2 Å². The average molecular weight is 639 g/mol. The van der Waals surface area contributed by atoms with Gasteiger partial charge in [0.2, 0.25) is 0 Å². The minimum Gasteiger partial charge on any atom is -0.462 e. The van der Waals surface area contributed by atoms with E-state index in [0.29, 0.717) is 12.8 Å². The molecular formula is C40H78O5. The number of aliphatic hydroxyl groups is 1. The topological polar surface area (TPSA) is 72.8 Å². The van der Waals surface area contributed by atoms with Gasteiger partial charge in [-0.05, 0) is 12.8 Å². The molecule has 0 aliphatic rings. The van der Waals surface area contributed by atoms with Crippen LogP contribution in [0.25, 0.3) is 0 Å². The van der Waals surface area contributed by atoms with E-state index in [1.54, 1.807) is 0 Å². The van der Waals surface area contributed by atoms with Gasteiger partial charge in [-0.2, -0.15) is 0 Å². The number of aliphatic hydroxyl groups excluding tert-OH is 1. The zero-order valence-electron chi connectivity index (χ0n) is 30.4. The fourth-order valence-corrected chi connectivity index (χ4v) is 6.08. The number of carbonyl (C=O) groups is 2. The third-order valence-corrected chi connectivity index (χ3v) is 9.15. The Hall–Kier alpha value is -1.10. The molecule has 1 N–H and O–H groups in total. The minimum absolute atomic E-state index is 0.0568. The summed E-state index contributed by atoms with van der Waals surface area (Å²) in [5, 5.41) is 9.55. The molecule has 0 fully saturated rings. The maximum atomic E-state index is 12.2. The summed E-state index contributed by atoms with van der Waals surface area (Å²) < 4.78 is 10.6. The first-order chi connectivity index (χ1) is 22.1. The fourth-order valence-electron chi connectivity index (χ4n) is 6.08. The summed E-state index contributed by atoms with van der Waals surface area (Å²) in [7, 11) is 0. The average Bonchev–Trinajstić information content (AvgIpc) is 3.04. The van der Waals surface area contributed by atoms with Crippen molar-refractivity contribution in [3.63, 3.8) is 0 Å². The van der Waals surface area contributed by atoms with Crippen LogP contribution in [0.4, 0.5) is 0 Å². The normalized spacial score (nSPS) is 12.0. The standard InChI is InChI=1S/C40H78O5/c1-3-5-7-9-11-13-15-17-19-21-22-24-26-28-30-32-34-39(42)44-37-38(36-41)45-40(43)35-33-31-29-27-25-23-20-18-16-14-12-10-8-6-4-2/h38,41H,3-37H2,1-2H3/t38-/m0/s1. The van der Waals surface area contributed by atoms with Crippen LogP contribution in [0.15, 0.2) is 0 Å². The highest BCUT2D eigenvalue weighted by atomic mass is 16.6. The van der Waals surface area contributed by atoms with Gasteiger partial charge in [-0.3, -0.25) is 9.59 Å². The highest BCUT2D eigenvalue weighted by Crippen LogP contribution is 2.16. The first-order valence-electron chi connectivity index (χ1n) is 20.1. The highest BCUT2D eigenvalue weighted by molar-refractivity contribution is 5.70. The maximum Gasteiger partial charge on any atom is 0.306 e. The van der Waals surface area contributed by atoms with Crippen LogP contribution in [-0.4, -0.2) is 36.4 Å². The van der Waals surface area contributed by atoms with E-state index in [2.05, 4.69) is 13.8 Å². The molecule has 0 radical (unpaired) electrons. The summed E-state index contributed by atoms with van der Waals surface area (Å²) in [6, 6.07) is 0. The molecular weight excluding hydrogens is 560 g/mol. The molecule has 0 rings (SSSR count). The Morgan fingerprint density at radius 2 is 0.689 bits per heavy atom. The van der Waals surface area contributed by atoms with E-state index in [4.69, 9.17) is 9.47 Å². The Balaban J connectivity index is 3.48. The number of ether oxygens (including phenoxy) is 2. The first kappa shape index (κ1) is 43.9. The monoisotopic (exact) mass is 639 g/mol. The van der Waals surface area contributed by atoms with Gasteiger partial charge in [-0.25, -0.2) is 0 Å². The molecule has 0 amide bonds. The van der Waals surface area contributed by atoms with E-state index in [1.807, 2.05) is 0 Å². The minimum atomic E-state index is -0.761. The molecule has 0 saturated carbocycles. The van der Waals surface area contributed by atoms with Gasteiger partial charge in [0, 0.05) is 12.8 Å². The molecule has 0 heterocycles. The lowest BCUT2D eigenvalue weighted by atomic mass is 10.0. The second-order valence-electron chi connectivity index (χ2n) is 13.7. The van der Waals surface area contributed by atoms with Crippen molar-refractivity contribution >= 4 is 11.9 Å². The van der Waals surface area contributed by atoms with E-state index in [0.717, 1.165) is 32.1 Å². The Morgan fingerprint density at radius 1 is 0.422 bits per heavy atom. The molecule has 268 valence electrons. The molecule has 5 nitrogen and oxygen atoms in total. The summed E-state index contributed by atoms with van der Waals surface area (Å²) in [6.07, 6.45) is 40.2. The number of esters is 2. The van der Waals surface area contributed by atoms with Gasteiger partial charge in [-0.15, -0.1) is 0 Å². The number of hydrogen-bond acceptors (Lipinski definition) is 5. The smallest absolute Gasteiger partial charge is 0.306 e. The van der Waals surface area contributed by atoms with Gasteiger partial charge in [0.15, 0.2) is 6.10 Å². The van der Waals surface area contributed by atoms with E-state index in [1.165, 1.54) is 167 Å². The van der Waals surface area contributed by atoms with Crippen LogP contribution in [-0.2, 0) is 19.1 Å². The number of carbonyl (C=O) groups excluding carboxylic acids is 2. The van der Waals surface area contributed by atoms with Crippen molar-refractivity contribution in [2.24, 2.45) is 0 Å². The lowest BCUT2D eigenvalue weighted by molar-refractivity contribution is -0.161. The predicted octanol–water partition coefficient (Wildman–Crippen LogP) is 12.3. The number of rotatable bonds is 37. The Labute approximate surface area is 280 Å². The van der Waals surface area contributed by atoms with Gasteiger partial charge < -0.3 is 14.6 Å². The largest absolute Gasteiger partial charge is 0.462 e. The van der Waals surface area contributed by atoms with Crippen LogP contribution >= 0.6 is 0 Å². The summed E-state index contributed by atoms with van der Waals surface area (Å²) in [4.78, 5) is 24.2. The zero-order chi connectivity index (χ0) is 32.9. The molecule has 0 bridgehead atoms. The van der Waals surface area contributed by atoms with E-state index in [-0.39, 0.29) is 25.2 Å². The van der Waals surface area contributed by atoms with Gasteiger partial charge in [0.05, 0.1) is 6.61 Å². The molecule has 0 aliphatic carbocycles. The van der Waals surface area contributed by atoms with Gasteiger partial charge in [0.1, 0.15) is 6.61 Å². The molecule has 0 aliphatic heterocycles. The molecule has 0 spiro atoms. The van der Waals surface area contributed by atoms with Crippen molar-refractivity contribution in [3.8, 4) is 0 Å². The Bertz CT molecular complexity index is 607. The maximum absolute atomic E-state index is 12.2. The lowest BCUT2D eigenvalue weighted by Gasteiger charge is -2.15. The SMILES string of the molecule is CCCCCCCCCCCCCCCCCCC(=O)OC[C@H](CO)OC(=O)CCCCCCCCCCCCCCCCC. The highest BCUT2D eigenvalue weighted by Gasteiger charge is 2.16. The van der Waals surface area contributed by atoms with Gasteiger partial charge in [0.25, 0.3) is 0 Å². The fraction of sp³-hybridized carbons (Fsp3) is 0.950. The number of unbranched alkanes of at least 4 members (excludes halogenated alkanes) is 29. The van der Waals surface area contributed by atoms with E-state index in [9.17, 15) is 14.7 Å². The summed E-state index contributed by atoms with van der Waals surface area (Å²) in [6.45, 7) is 4.17. The summed E-state index contributed by atoms with van der Waals surface area (Å²) >= 11 is 0. The van der Waals surface area contributed by atoms with Crippen LogP contribution in [0.2, 0.25) is 0 Å². The third-order valence-electron chi connectivity index (χ3n) is 9.15. The molecule has 45 heavy (non-hydrogen) atoms. The molecule has 0 aromatic carbocycles. The Kier molecular flexibility index (Phi) is 36.4. The van der Waals surface area contributed by atoms with Crippen molar-refractivity contribution in [3.05, 3.63) is 0 Å². The van der Waals surface area contributed by atoms with E-state index >= 15 is 0 Å². The van der Waals surface area contributed by atoms with Crippen molar-refractivity contribution in [2.75, 3.05) is 13.2 Å². The van der Waals surface area contributed by atoms with Crippen molar-refractivity contribution in [2.45, 2.75) is 232 Å². The lowest BCUT2D eigenvalue weighted by Crippen LogP contribution is -2.28. The van der Waals surface area contributed by atoms with Crippen LogP contribution in [0.3, 0.4) is 0 Å².